The minimum absolute atomic E-state index is 0.0142. The molecule has 2 aromatic rings. The molecule has 0 bridgehead atoms. The Bertz CT molecular complexity index is 597. The van der Waals surface area contributed by atoms with Crippen LogP contribution in [0.2, 0.25) is 0 Å². The summed E-state index contributed by atoms with van der Waals surface area (Å²) in [4.78, 5) is 4.18. The van der Waals surface area contributed by atoms with Crippen molar-refractivity contribution in [2.75, 3.05) is 0 Å². The van der Waals surface area contributed by atoms with Crippen molar-refractivity contribution >= 4 is 0 Å². The van der Waals surface area contributed by atoms with Crippen LogP contribution in [0.1, 0.15) is 29.9 Å². The summed E-state index contributed by atoms with van der Waals surface area (Å²) in [6.45, 7) is 3.69. The molecular formula is C15H16F2N2O. The topological polar surface area (TPSA) is 45.1 Å². The summed E-state index contributed by atoms with van der Waals surface area (Å²) in [5.41, 5.74) is 1.21. The maximum Gasteiger partial charge on any atom is 0.138 e. The van der Waals surface area contributed by atoms with Gasteiger partial charge in [-0.1, -0.05) is 6.07 Å². The van der Waals surface area contributed by atoms with E-state index in [4.69, 9.17) is 0 Å². The first-order valence-corrected chi connectivity index (χ1v) is 6.32. The lowest BCUT2D eigenvalue weighted by Gasteiger charge is -2.16. The fraction of sp³-hybridized carbons (Fsp3) is 0.267. The summed E-state index contributed by atoms with van der Waals surface area (Å²) >= 11 is 0. The van der Waals surface area contributed by atoms with Crippen LogP contribution in [-0.2, 0) is 6.54 Å². The molecule has 0 saturated heterocycles. The fourth-order valence-corrected chi connectivity index (χ4v) is 2.01. The highest BCUT2D eigenvalue weighted by Crippen LogP contribution is 2.21. The molecule has 106 valence electrons. The van der Waals surface area contributed by atoms with E-state index in [1.165, 1.54) is 18.2 Å². The highest BCUT2D eigenvalue weighted by Gasteiger charge is 2.16. The lowest BCUT2D eigenvalue weighted by atomic mass is 10.1. The van der Waals surface area contributed by atoms with E-state index in [0.29, 0.717) is 5.69 Å². The van der Waals surface area contributed by atoms with Gasteiger partial charge in [0.15, 0.2) is 0 Å². The van der Waals surface area contributed by atoms with Crippen molar-refractivity contribution in [3.05, 3.63) is 58.9 Å². The van der Waals surface area contributed by atoms with Crippen molar-refractivity contribution in [1.82, 2.24) is 10.3 Å². The van der Waals surface area contributed by atoms with Gasteiger partial charge in [0.25, 0.3) is 0 Å². The Hall–Kier alpha value is -2.01. The molecule has 1 heterocycles. The number of nitrogens with zero attached hydrogens (tertiary/aromatic N) is 1. The zero-order valence-electron chi connectivity index (χ0n) is 11.3. The molecule has 0 spiro atoms. The van der Waals surface area contributed by atoms with Crippen LogP contribution >= 0.6 is 0 Å². The molecule has 0 aliphatic heterocycles. The zero-order chi connectivity index (χ0) is 14.7. The van der Waals surface area contributed by atoms with Crippen molar-refractivity contribution in [2.24, 2.45) is 0 Å². The van der Waals surface area contributed by atoms with Crippen molar-refractivity contribution in [1.29, 1.82) is 0 Å². The summed E-state index contributed by atoms with van der Waals surface area (Å²) in [5.74, 6) is -1.12. The van der Waals surface area contributed by atoms with E-state index in [9.17, 15) is 13.9 Å². The molecule has 1 atom stereocenters. The third-order valence-electron chi connectivity index (χ3n) is 3.10. The number of halogens is 2. The summed E-state index contributed by atoms with van der Waals surface area (Å²) in [6, 6.07) is 6.48. The maximum atomic E-state index is 13.6. The molecular weight excluding hydrogens is 262 g/mol. The monoisotopic (exact) mass is 278 g/mol. The Balaban J connectivity index is 2.13. The van der Waals surface area contributed by atoms with Gasteiger partial charge in [0.05, 0.1) is 5.69 Å². The van der Waals surface area contributed by atoms with E-state index >= 15 is 0 Å². The maximum absolute atomic E-state index is 13.6. The van der Waals surface area contributed by atoms with Crippen LogP contribution in [0.3, 0.4) is 0 Å². The normalized spacial score (nSPS) is 12.4. The number of nitrogens with one attached hydrogen (secondary N) is 1. The van der Waals surface area contributed by atoms with Gasteiger partial charge in [0.1, 0.15) is 17.4 Å². The largest absolute Gasteiger partial charge is 0.506 e. The Labute approximate surface area is 116 Å². The predicted molar refractivity (Wildman–Crippen MR) is 72.3 cm³/mol. The smallest absolute Gasteiger partial charge is 0.138 e. The molecule has 5 heteroatoms. The number of pyridine rings is 1. The molecule has 0 saturated carbocycles. The molecule has 0 radical (unpaired) electrons. The minimum Gasteiger partial charge on any atom is -0.506 e. The molecule has 0 aliphatic rings. The van der Waals surface area contributed by atoms with E-state index in [1.54, 1.807) is 19.1 Å². The number of rotatable bonds is 4. The van der Waals surface area contributed by atoms with E-state index in [1.807, 2.05) is 6.92 Å². The van der Waals surface area contributed by atoms with Gasteiger partial charge >= 0.3 is 0 Å². The number of hydrogen-bond donors (Lipinski definition) is 2. The number of benzene rings is 1. The minimum atomic E-state index is -0.591. The lowest BCUT2D eigenvalue weighted by Crippen LogP contribution is -2.21. The van der Waals surface area contributed by atoms with Gasteiger partial charge in [-0.15, -0.1) is 0 Å². The second-order valence-corrected chi connectivity index (χ2v) is 4.66. The van der Waals surface area contributed by atoms with E-state index < -0.39 is 17.7 Å². The van der Waals surface area contributed by atoms with Crippen molar-refractivity contribution in [2.45, 2.75) is 26.4 Å². The van der Waals surface area contributed by atoms with Crippen LogP contribution in [0.5, 0.6) is 5.75 Å². The molecule has 2 N–H and O–H groups in total. The van der Waals surface area contributed by atoms with Crippen molar-refractivity contribution < 1.29 is 13.9 Å². The van der Waals surface area contributed by atoms with Gasteiger partial charge in [-0.3, -0.25) is 4.98 Å². The van der Waals surface area contributed by atoms with Gasteiger partial charge in [0.2, 0.25) is 0 Å². The van der Waals surface area contributed by atoms with Crippen LogP contribution in [0.4, 0.5) is 8.78 Å². The number of aryl methyl sites for hydroxylation is 1. The summed E-state index contributed by atoms with van der Waals surface area (Å²) in [6.07, 6.45) is 0. The first-order chi connectivity index (χ1) is 9.49. The Kier molecular flexibility index (Phi) is 4.29. The standard InChI is InChI=1S/C15H16F2N2O/c1-9-6-7-14(20)13(19-9)8-18-10(2)15-11(16)4-3-5-12(15)17/h3-7,10,18,20H,8H2,1-2H3. The average Bonchev–Trinajstić information content (AvgIpc) is 2.39. The van der Waals surface area contributed by atoms with Crippen molar-refractivity contribution in [3.8, 4) is 5.75 Å². The van der Waals surface area contributed by atoms with Crippen LogP contribution < -0.4 is 5.32 Å². The Morgan fingerprint density at radius 2 is 1.85 bits per heavy atom. The average molecular weight is 278 g/mol. The second-order valence-electron chi connectivity index (χ2n) is 4.66. The second kappa shape index (κ2) is 5.96. The highest BCUT2D eigenvalue weighted by molar-refractivity contribution is 5.28. The number of aromatic hydroxyl groups is 1. The van der Waals surface area contributed by atoms with Gasteiger partial charge < -0.3 is 10.4 Å². The lowest BCUT2D eigenvalue weighted by molar-refractivity contribution is 0.447. The summed E-state index contributed by atoms with van der Waals surface area (Å²) in [7, 11) is 0. The van der Waals surface area contributed by atoms with Gasteiger partial charge in [-0.25, -0.2) is 8.78 Å². The van der Waals surface area contributed by atoms with Crippen LogP contribution in [0.15, 0.2) is 30.3 Å². The van der Waals surface area contributed by atoms with Gasteiger partial charge in [-0.2, -0.15) is 0 Å². The Morgan fingerprint density at radius 3 is 2.50 bits per heavy atom. The molecule has 20 heavy (non-hydrogen) atoms. The molecule has 1 aromatic carbocycles. The fourth-order valence-electron chi connectivity index (χ4n) is 2.01. The Morgan fingerprint density at radius 1 is 1.20 bits per heavy atom. The zero-order valence-corrected chi connectivity index (χ0v) is 11.3. The summed E-state index contributed by atoms with van der Waals surface area (Å²) < 4.78 is 27.3. The third-order valence-corrected chi connectivity index (χ3v) is 3.10. The molecule has 2 rings (SSSR count). The highest BCUT2D eigenvalue weighted by atomic mass is 19.1. The molecule has 1 aromatic heterocycles. The SMILES string of the molecule is Cc1ccc(O)c(CNC(C)c2c(F)cccc2F)n1. The molecule has 0 aliphatic carbocycles. The number of aromatic nitrogens is 1. The van der Waals surface area contributed by atoms with E-state index in [0.717, 1.165) is 5.69 Å². The van der Waals surface area contributed by atoms with E-state index in [2.05, 4.69) is 10.3 Å². The van der Waals surface area contributed by atoms with Gasteiger partial charge in [-0.05, 0) is 38.1 Å². The van der Waals surface area contributed by atoms with Crippen molar-refractivity contribution in [3.63, 3.8) is 0 Å². The van der Waals surface area contributed by atoms with Crippen LogP contribution in [0.25, 0.3) is 0 Å². The first kappa shape index (κ1) is 14.4. The third kappa shape index (κ3) is 3.11. The van der Waals surface area contributed by atoms with Gasteiger partial charge in [0, 0.05) is 23.8 Å². The van der Waals surface area contributed by atoms with Crippen LogP contribution in [0, 0.1) is 18.6 Å². The predicted octanol–water partition coefficient (Wildman–Crippen LogP) is 3.22. The molecule has 3 nitrogen and oxygen atoms in total. The van der Waals surface area contributed by atoms with Crippen LogP contribution in [-0.4, -0.2) is 10.1 Å². The summed E-state index contributed by atoms with van der Waals surface area (Å²) in [5, 5.41) is 12.6. The first-order valence-electron chi connectivity index (χ1n) is 6.32. The molecule has 0 amide bonds. The molecule has 0 fully saturated rings. The number of hydrogen-bond acceptors (Lipinski definition) is 3. The molecule has 1 unspecified atom stereocenters. The quantitative estimate of drug-likeness (QED) is 0.902. The van der Waals surface area contributed by atoms with E-state index in [-0.39, 0.29) is 17.9 Å².